The van der Waals surface area contributed by atoms with Crippen molar-refractivity contribution in [3.05, 3.63) is 75.3 Å². The third kappa shape index (κ3) is 3.55. The first-order chi connectivity index (χ1) is 15.1. The van der Waals surface area contributed by atoms with Crippen LogP contribution >= 0.6 is 0 Å². The van der Waals surface area contributed by atoms with Crippen LogP contribution in [0.15, 0.2) is 47.3 Å². The Morgan fingerprint density at radius 2 is 1.84 bits per heavy atom. The number of nitrogens with one attached hydrogen (secondary N) is 1. The summed E-state index contributed by atoms with van der Waals surface area (Å²) in [6, 6.07) is 11.5. The molecule has 1 aromatic carbocycles. The van der Waals surface area contributed by atoms with Crippen molar-refractivity contribution in [2.45, 2.75) is 44.8 Å². The van der Waals surface area contributed by atoms with Crippen molar-refractivity contribution < 1.29 is 24.5 Å². The van der Waals surface area contributed by atoms with E-state index in [0.29, 0.717) is 35.4 Å². The molecule has 0 amide bonds. The number of aryl methyl sites for hydroxylation is 2. The highest BCUT2D eigenvalue weighted by atomic mass is 19.3. The summed E-state index contributed by atoms with van der Waals surface area (Å²) in [6.07, 6.45) is -2.33. The molecule has 1 N–H and O–H groups in total. The molecule has 166 valence electrons. The Bertz CT molecular complexity index is 1320. The Labute approximate surface area is 183 Å². The van der Waals surface area contributed by atoms with Gasteiger partial charge in [0.15, 0.2) is 11.5 Å². The van der Waals surface area contributed by atoms with Crippen LogP contribution in [0.2, 0.25) is 0 Å². The molecule has 2 aromatic heterocycles. The number of carbonyl (C=O) groups excluding carboxylic acids is 1. The number of aromatic amines is 1. The number of fused-ring (bicyclic) bond motifs is 1. The quantitative estimate of drug-likeness (QED) is 0.633. The second-order valence-corrected chi connectivity index (χ2v) is 8.40. The minimum absolute atomic E-state index is 0. The summed E-state index contributed by atoms with van der Waals surface area (Å²) in [7, 11) is 0. The number of aromatic nitrogens is 2. The van der Waals surface area contributed by atoms with Gasteiger partial charge < -0.3 is 14.5 Å². The van der Waals surface area contributed by atoms with E-state index in [4.69, 9.17) is 0 Å². The van der Waals surface area contributed by atoms with Crippen molar-refractivity contribution in [1.29, 1.82) is 0 Å². The first-order valence-corrected chi connectivity index (χ1v) is 10.3. The van der Waals surface area contributed by atoms with Gasteiger partial charge in [-0.25, -0.2) is 0 Å². The van der Waals surface area contributed by atoms with Crippen LogP contribution in [0.4, 0.5) is 8.78 Å². The maximum absolute atomic E-state index is 13.3. The zero-order chi connectivity index (χ0) is 22.7. The first-order valence-electron chi connectivity index (χ1n) is 10.3. The summed E-state index contributed by atoms with van der Waals surface area (Å²) in [5, 5.41) is 0. The standard InChI is InChI=1S/C24H20F2N2O4.H2/c1-13-3-5-17(28-22(13)15-9-14(2)27-21(30)10-15)12-20(29)23(7-8-23)16-4-6-18-19(11-16)32-24(25,26)31-18;/h3-6,9-11H,7-8,12H2,1-2H3,(H,27,30);1H. The second kappa shape index (κ2) is 6.98. The van der Waals surface area contributed by atoms with Gasteiger partial charge in [-0.05, 0) is 62.1 Å². The highest BCUT2D eigenvalue weighted by Crippen LogP contribution is 2.52. The molecule has 0 saturated heterocycles. The van der Waals surface area contributed by atoms with Gasteiger partial charge in [-0.2, -0.15) is 0 Å². The van der Waals surface area contributed by atoms with Gasteiger partial charge in [0, 0.05) is 30.9 Å². The molecule has 3 heterocycles. The van der Waals surface area contributed by atoms with E-state index in [9.17, 15) is 18.4 Å². The van der Waals surface area contributed by atoms with E-state index >= 15 is 0 Å². The lowest BCUT2D eigenvalue weighted by Gasteiger charge is -2.15. The first kappa shape index (κ1) is 20.4. The summed E-state index contributed by atoms with van der Waals surface area (Å²) in [4.78, 5) is 32.5. The predicted molar refractivity (Wildman–Crippen MR) is 114 cm³/mol. The largest absolute Gasteiger partial charge is 0.586 e. The van der Waals surface area contributed by atoms with Gasteiger partial charge in [-0.15, -0.1) is 8.78 Å². The van der Waals surface area contributed by atoms with Crippen molar-refractivity contribution in [1.82, 2.24) is 9.97 Å². The summed E-state index contributed by atoms with van der Waals surface area (Å²) in [5.41, 5.74) is 3.24. The molecule has 8 heteroatoms. The molecule has 1 aliphatic carbocycles. The Morgan fingerprint density at radius 3 is 2.56 bits per heavy atom. The molecule has 0 atom stereocenters. The Kier molecular flexibility index (Phi) is 4.44. The van der Waals surface area contributed by atoms with Crippen LogP contribution in [-0.2, 0) is 16.6 Å². The zero-order valence-electron chi connectivity index (χ0n) is 17.5. The van der Waals surface area contributed by atoms with Crippen LogP contribution in [0.3, 0.4) is 0 Å². The Morgan fingerprint density at radius 1 is 1.09 bits per heavy atom. The number of hydrogen-bond donors (Lipinski definition) is 1. The molecule has 0 bridgehead atoms. The topological polar surface area (TPSA) is 81.3 Å². The molecule has 0 unspecified atom stereocenters. The van der Waals surface area contributed by atoms with Crippen molar-refractivity contribution >= 4 is 5.78 Å². The number of ether oxygens (including phenoxy) is 2. The van der Waals surface area contributed by atoms with E-state index in [1.54, 1.807) is 19.1 Å². The maximum atomic E-state index is 13.3. The average Bonchev–Trinajstić information content (AvgIpc) is 3.46. The lowest BCUT2D eigenvalue weighted by molar-refractivity contribution is -0.286. The van der Waals surface area contributed by atoms with Crippen molar-refractivity contribution in [2.24, 2.45) is 0 Å². The highest BCUT2D eigenvalue weighted by Gasteiger charge is 2.52. The third-order valence-electron chi connectivity index (χ3n) is 5.99. The van der Waals surface area contributed by atoms with E-state index in [1.807, 2.05) is 19.1 Å². The molecule has 0 radical (unpaired) electrons. The molecule has 1 aliphatic heterocycles. The number of hydrogen-bond acceptors (Lipinski definition) is 5. The summed E-state index contributed by atoms with van der Waals surface area (Å²) in [5.74, 6) is -0.139. The minimum Gasteiger partial charge on any atom is -0.395 e. The SMILES string of the molecule is Cc1cc(-c2nc(CC(=O)C3(c4ccc5c(c4)OC(F)(F)O5)CC3)ccc2C)cc(=O)[nH]1.[HH]. The molecular weight excluding hydrogens is 418 g/mol. The summed E-state index contributed by atoms with van der Waals surface area (Å²) >= 11 is 0. The normalized spacial score (nSPS) is 17.2. The summed E-state index contributed by atoms with van der Waals surface area (Å²) < 4.78 is 35.7. The molecule has 32 heavy (non-hydrogen) atoms. The molecule has 1 fully saturated rings. The van der Waals surface area contributed by atoms with Gasteiger partial charge in [0.25, 0.3) is 0 Å². The molecule has 0 spiro atoms. The zero-order valence-corrected chi connectivity index (χ0v) is 17.5. The van der Waals surface area contributed by atoms with Gasteiger partial charge in [0.05, 0.1) is 11.1 Å². The van der Waals surface area contributed by atoms with Crippen LogP contribution in [0.5, 0.6) is 11.5 Å². The Balaban J connectivity index is 0.00000259. The lowest BCUT2D eigenvalue weighted by Crippen LogP contribution is -2.26. The average molecular weight is 440 g/mol. The monoisotopic (exact) mass is 440 g/mol. The van der Waals surface area contributed by atoms with Crippen LogP contribution in [0.1, 0.15) is 36.8 Å². The molecular formula is C24H22F2N2O4. The molecule has 5 rings (SSSR count). The molecule has 6 nitrogen and oxygen atoms in total. The number of nitrogens with zero attached hydrogens (tertiary/aromatic N) is 1. The fourth-order valence-electron chi connectivity index (χ4n) is 4.21. The number of carbonyl (C=O) groups is 1. The van der Waals surface area contributed by atoms with Gasteiger partial charge in [-0.1, -0.05) is 12.1 Å². The predicted octanol–water partition coefficient (Wildman–Crippen LogP) is 4.46. The van der Waals surface area contributed by atoms with E-state index in [-0.39, 0.29) is 30.7 Å². The number of rotatable bonds is 5. The number of halogens is 2. The van der Waals surface area contributed by atoms with Gasteiger partial charge in [-0.3, -0.25) is 14.6 Å². The summed E-state index contributed by atoms with van der Waals surface area (Å²) in [6.45, 7) is 3.70. The molecule has 3 aromatic rings. The van der Waals surface area contributed by atoms with Crippen LogP contribution in [-0.4, -0.2) is 22.0 Å². The van der Waals surface area contributed by atoms with Gasteiger partial charge in [0.1, 0.15) is 5.78 Å². The number of pyridine rings is 2. The highest BCUT2D eigenvalue weighted by molar-refractivity contribution is 5.94. The third-order valence-corrected chi connectivity index (χ3v) is 5.99. The van der Waals surface area contributed by atoms with E-state index in [2.05, 4.69) is 19.4 Å². The smallest absolute Gasteiger partial charge is 0.395 e. The number of benzene rings is 1. The maximum Gasteiger partial charge on any atom is 0.586 e. The van der Waals surface area contributed by atoms with Gasteiger partial charge >= 0.3 is 6.29 Å². The van der Waals surface area contributed by atoms with Crippen LogP contribution < -0.4 is 15.0 Å². The molecule has 1 saturated carbocycles. The number of H-pyrrole nitrogens is 1. The number of ketones is 1. The van der Waals surface area contributed by atoms with Crippen molar-refractivity contribution in [3.8, 4) is 22.8 Å². The van der Waals surface area contributed by atoms with E-state index < -0.39 is 11.7 Å². The van der Waals surface area contributed by atoms with Crippen LogP contribution in [0.25, 0.3) is 11.3 Å². The minimum atomic E-state index is -3.69. The second-order valence-electron chi connectivity index (χ2n) is 8.40. The fourth-order valence-corrected chi connectivity index (χ4v) is 4.21. The Hall–Kier alpha value is -3.55. The van der Waals surface area contributed by atoms with Crippen molar-refractivity contribution in [3.63, 3.8) is 0 Å². The fraction of sp³-hybridized carbons (Fsp3) is 0.292. The van der Waals surface area contributed by atoms with Crippen molar-refractivity contribution in [2.75, 3.05) is 0 Å². The number of alkyl halides is 2. The number of Topliss-reactive ketones (excluding diaryl/α,β-unsaturated/α-hetero) is 1. The van der Waals surface area contributed by atoms with Crippen LogP contribution in [0, 0.1) is 13.8 Å². The van der Waals surface area contributed by atoms with E-state index in [0.717, 1.165) is 11.3 Å². The molecule has 2 aliphatic rings. The van der Waals surface area contributed by atoms with E-state index in [1.165, 1.54) is 18.2 Å². The van der Waals surface area contributed by atoms with Gasteiger partial charge in [0.2, 0.25) is 5.56 Å². The lowest BCUT2D eigenvalue weighted by atomic mass is 9.88.